The highest BCUT2D eigenvalue weighted by Crippen LogP contribution is 2.32. The summed E-state index contributed by atoms with van der Waals surface area (Å²) < 4.78 is 50.0. The van der Waals surface area contributed by atoms with Gasteiger partial charge >= 0.3 is 6.18 Å². The minimum atomic E-state index is -4.48. The van der Waals surface area contributed by atoms with E-state index in [1.54, 1.807) is 0 Å². The molecule has 5 heteroatoms. The van der Waals surface area contributed by atoms with Gasteiger partial charge in [-0.05, 0) is 11.6 Å². The first-order chi connectivity index (χ1) is 6.95. The van der Waals surface area contributed by atoms with Gasteiger partial charge in [-0.25, -0.2) is 4.39 Å². The van der Waals surface area contributed by atoms with Crippen LogP contribution in [0.4, 0.5) is 17.6 Å². The predicted octanol–water partition coefficient (Wildman–Crippen LogP) is 2.58. The maximum atomic E-state index is 12.8. The number of aliphatic hydroxyl groups excluding tert-OH is 1. The summed E-state index contributed by atoms with van der Waals surface area (Å²) in [7, 11) is 0. The number of hydrogen-bond donors (Lipinski definition) is 1. The Labute approximate surface area is 84.3 Å². The Morgan fingerprint density at radius 1 is 1.20 bits per heavy atom. The molecule has 1 aromatic carbocycles. The van der Waals surface area contributed by atoms with Crippen molar-refractivity contribution in [3.05, 3.63) is 35.4 Å². The number of rotatable bonds is 3. The Morgan fingerprint density at radius 2 is 1.80 bits per heavy atom. The molecule has 0 fully saturated rings. The largest absolute Gasteiger partial charge is 0.416 e. The van der Waals surface area contributed by atoms with E-state index in [-0.39, 0.29) is 5.56 Å². The molecule has 1 N–H and O–H groups in total. The summed E-state index contributed by atoms with van der Waals surface area (Å²) in [6.07, 6.45) is -6.56. The molecule has 0 aliphatic carbocycles. The Hall–Kier alpha value is -1.10. The molecule has 0 aliphatic rings. The smallest absolute Gasteiger partial charge is 0.393 e. The molecule has 1 rings (SSSR count). The Bertz CT molecular complexity index is 321. The van der Waals surface area contributed by atoms with Crippen molar-refractivity contribution in [2.24, 2.45) is 0 Å². The fourth-order valence-electron chi connectivity index (χ4n) is 1.28. The van der Waals surface area contributed by atoms with E-state index in [1.165, 1.54) is 18.2 Å². The summed E-state index contributed by atoms with van der Waals surface area (Å²) in [5, 5.41) is 8.43. The third kappa shape index (κ3) is 3.20. The van der Waals surface area contributed by atoms with Gasteiger partial charge in [-0.3, -0.25) is 0 Å². The van der Waals surface area contributed by atoms with E-state index in [4.69, 9.17) is 5.11 Å². The molecule has 0 saturated heterocycles. The number of alkyl halides is 4. The van der Waals surface area contributed by atoms with Gasteiger partial charge < -0.3 is 5.11 Å². The monoisotopic (exact) mass is 222 g/mol. The highest BCUT2D eigenvalue weighted by molar-refractivity contribution is 5.30. The minimum absolute atomic E-state index is 0.133. The second-order valence-electron chi connectivity index (χ2n) is 3.14. The molecule has 84 valence electrons. The molecule has 0 saturated carbocycles. The van der Waals surface area contributed by atoms with Crippen LogP contribution in [0.1, 0.15) is 11.1 Å². The average molecular weight is 222 g/mol. The lowest BCUT2D eigenvalue weighted by Crippen LogP contribution is -2.15. The van der Waals surface area contributed by atoms with Gasteiger partial charge in [0.15, 0.2) is 0 Å². The van der Waals surface area contributed by atoms with E-state index in [2.05, 4.69) is 0 Å². The molecule has 0 amide bonds. The Morgan fingerprint density at radius 3 is 2.33 bits per heavy atom. The van der Waals surface area contributed by atoms with Crippen LogP contribution in [0.5, 0.6) is 0 Å². The summed E-state index contributed by atoms with van der Waals surface area (Å²) in [5.74, 6) is 0. The van der Waals surface area contributed by atoms with Crippen LogP contribution in [-0.2, 0) is 12.6 Å². The lowest BCUT2D eigenvalue weighted by atomic mass is 10.0. The van der Waals surface area contributed by atoms with Gasteiger partial charge in [0.1, 0.15) is 6.17 Å². The predicted molar refractivity (Wildman–Crippen MR) is 47.1 cm³/mol. The van der Waals surface area contributed by atoms with Crippen molar-refractivity contribution >= 4 is 0 Å². The highest BCUT2D eigenvalue weighted by atomic mass is 19.4. The molecule has 0 bridgehead atoms. The molecular formula is C10H10F4O. The van der Waals surface area contributed by atoms with E-state index >= 15 is 0 Å². The SMILES string of the molecule is OCC(F)Cc1ccccc1C(F)(F)F. The Balaban J connectivity index is 2.97. The summed E-state index contributed by atoms with van der Waals surface area (Å²) in [5.41, 5.74) is -0.979. The van der Waals surface area contributed by atoms with Crippen LogP contribution < -0.4 is 0 Å². The Kier molecular flexibility index (Phi) is 3.68. The van der Waals surface area contributed by atoms with E-state index < -0.39 is 30.9 Å². The molecule has 1 aromatic rings. The van der Waals surface area contributed by atoms with Gasteiger partial charge in [-0.1, -0.05) is 18.2 Å². The van der Waals surface area contributed by atoms with Crippen molar-refractivity contribution in [1.29, 1.82) is 0 Å². The number of benzene rings is 1. The van der Waals surface area contributed by atoms with Crippen molar-refractivity contribution in [3.8, 4) is 0 Å². The quantitative estimate of drug-likeness (QED) is 0.779. The number of hydrogen-bond acceptors (Lipinski definition) is 1. The van der Waals surface area contributed by atoms with Crippen LogP contribution in [0.3, 0.4) is 0 Å². The molecular weight excluding hydrogens is 212 g/mol. The molecule has 0 radical (unpaired) electrons. The minimum Gasteiger partial charge on any atom is -0.393 e. The summed E-state index contributed by atoms with van der Waals surface area (Å²) in [6, 6.07) is 4.78. The molecule has 0 spiro atoms. The van der Waals surface area contributed by atoms with Crippen LogP contribution >= 0.6 is 0 Å². The van der Waals surface area contributed by atoms with E-state index in [1.807, 2.05) is 0 Å². The first-order valence-corrected chi connectivity index (χ1v) is 4.35. The van der Waals surface area contributed by atoms with Crippen LogP contribution in [-0.4, -0.2) is 17.9 Å². The van der Waals surface area contributed by atoms with Crippen LogP contribution in [0.25, 0.3) is 0 Å². The average Bonchev–Trinajstić information content (AvgIpc) is 2.17. The van der Waals surface area contributed by atoms with E-state index in [0.717, 1.165) is 6.07 Å². The molecule has 15 heavy (non-hydrogen) atoms. The first kappa shape index (κ1) is 12.0. The van der Waals surface area contributed by atoms with Gasteiger partial charge in [0.25, 0.3) is 0 Å². The maximum absolute atomic E-state index is 12.8. The maximum Gasteiger partial charge on any atom is 0.416 e. The van der Waals surface area contributed by atoms with Gasteiger partial charge in [0.05, 0.1) is 12.2 Å². The fourth-order valence-corrected chi connectivity index (χ4v) is 1.28. The van der Waals surface area contributed by atoms with Crippen molar-refractivity contribution in [2.75, 3.05) is 6.61 Å². The standard InChI is InChI=1S/C10H10F4O/c11-8(6-15)5-7-3-1-2-4-9(7)10(12,13)14/h1-4,8,15H,5-6H2. The van der Waals surface area contributed by atoms with Gasteiger partial charge in [0, 0.05) is 6.42 Å². The lowest BCUT2D eigenvalue weighted by molar-refractivity contribution is -0.138. The summed E-state index contributed by atoms with van der Waals surface area (Å²) in [6.45, 7) is -0.772. The molecule has 0 heterocycles. The second kappa shape index (κ2) is 4.61. The van der Waals surface area contributed by atoms with Crippen LogP contribution in [0.2, 0.25) is 0 Å². The van der Waals surface area contributed by atoms with Crippen LogP contribution in [0.15, 0.2) is 24.3 Å². The van der Waals surface area contributed by atoms with Crippen molar-refractivity contribution in [3.63, 3.8) is 0 Å². The topological polar surface area (TPSA) is 20.2 Å². The van der Waals surface area contributed by atoms with Crippen molar-refractivity contribution in [1.82, 2.24) is 0 Å². The fraction of sp³-hybridized carbons (Fsp3) is 0.400. The molecule has 1 unspecified atom stereocenters. The zero-order valence-electron chi connectivity index (χ0n) is 7.76. The first-order valence-electron chi connectivity index (χ1n) is 4.35. The van der Waals surface area contributed by atoms with Gasteiger partial charge in [0.2, 0.25) is 0 Å². The van der Waals surface area contributed by atoms with Crippen LogP contribution in [0, 0.1) is 0 Å². The number of halogens is 4. The molecule has 0 aliphatic heterocycles. The number of aliphatic hydroxyl groups is 1. The summed E-state index contributed by atoms with van der Waals surface area (Å²) >= 11 is 0. The van der Waals surface area contributed by atoms with Crippen molar-refractivity contribution in [2.45, 2.75) is 18.8 Å². The molecule has 1 nitrogen and oxygen atoms in total. The molecule has 0 aromatic heterocycles. The second-order valence-corrected chi connectivity index (χ2v) is 3.14. The van der Waals surface area contributed by atoms with E-state index in [9.17, 15) is 17.6 Å². The third-order valence-electron chi connectivity index (χ3n) is 1.96. The van der Waals surface area contributed by atoms with E-state index in [0.29, 0.717) is 0 Å². The zero-order valence-corrected chi connectivity index (χ0v) is 7.76. The van der Waals surface area contributed by atoms with Crippen molar-refractivity contribution < 1.29 is 22.7 Å². The molecule has 1 atom stereocenters. The third-order valence-corrected chi connectivity index (χ3v) is 1.96. The normalized spacial score (nSPS) is 13.9. The summed E-state index contributed by atoms with van der Waals surface area (Å²) in [4.78, 5) is 0. The highest BCUT2D eigenvalue weighted by Gasteiger charge is 2.33. The van der Waals surface area contributed by atoms with Gasteiger partial charge in [-0.2, -0.15) is 13.2 Å². The zero-order chi connectivity index (χ0) is 11.5. The van der Waals surface area contributed by atoms with Gasteiger partial charge in [-0.15, -0.1) is 0 Å². The lowest BCUT2D eigenvalue weighted by Gasteiger charge is -2.13.